The molecule has 1 aliphatic rings. The molecule has 0 bridgehead atoms. The number of rotatable bonds is 15. The van der Waals surface area contributed by atoms with Crippen LogP contribution >= 0.6 is 0 Å². The van der Waals surface area contributed by atoms with Gasteiger partial charge < -0.3 is 40.1 Å². The highest BCUT2D eigenvalue weighted by molar-refractivity contribution is 6.04. The van der Waals surface area contributed by atoms with E-state index in [1.54, 1.807) is 74.2 Å². The lowest BCUT2D eigenvalue weighted by Gasteiger charge is -2.27. The second-order valence-electron chi connectivity index (χ2n) is 10.4. The average molecular weight is 665 g/mol. The molecule has 0 aliphatic heterocycles. The molecule has 15 nitrogen and oxygen atoms in total. The van der Waals surface area contributed by atoms with Gasteiger partial charge in [-0.05, 0) is 82.1 Å². The molecule has 1 aliphatic carbocycles. The molecule has 3 aromatic rings. The predicted molar refractivity (Wildman–Crippen MR) is 176 cm³/mol. The van der Waals surface area contributed by atoms with E-state index in [0.29, 0.717) is 22.9 Å². The topological polar surface area (TPSA) is 194 Å². The first-order valence-corrected chi connectivity index (χ1v) is 15.7. The largest absolute Gasteiger partial charge is 0.482 e. The van der Waals surface area contributed by atoms with Crippen LogP contribution < -0.4 is 30.7 Å². The molecule has 2 amide bonds. The zero-order valence-corrected chi connectivity index (χ0v) is 27.2. The molecule has 0 unspecified atom stereocenters. The van der Waals surface area contributed by atoms with Crippen molar-refractivity contribution in [3.8, 4) is 11.5 Å². The van der Waals surface area contributed by atoms with Gasteiger partial charge in [0.25, 0.3) is 0 Å². The molecular weight excluding hydrogens is 624 g/mol. The van der Waals surface area contributed by atoms with E-state index in [9.17, 15) is 19.2 Å². The molecule has 0 radical (unpaired) electrons. The predicted octanol–water partition coefficient (Wildman–Crippen LogP) is 4.65. The number of amides is 2. The van der Waals surface area contributed by atoms with Crippen molar-refractivity contribution in [3.63, 3.8) is 0 Å². The number of hydrogen-bond acceptors (Lipinski definition) is 13. The van der Waals surface area contributed by atoms with Crippen LogP contribution in [0.25, 0.3) is 0 Å². The number of ether oxygens (including phenoxy) is 5. The van der Waals surface area contributed by atoms with Crippen LogP contribution in [0.1, 0.15) is 56.9 Å². The number of carbonyl (C=O) groups is 4. The fourth-order valence-electron chi connectivity index (χ4n) is 4.96. The quantitative estimate of drug-likeness (QED) is 0.150. The number of anilines is 5. The molecule has 1 heterocycles. The smallest absolute Gasteiger partial charge is 0.359 e. The lowest BCUT2D eigenvalue weighted by Crippen LogP contribution is -2.37. The Labute approximate surface area is 278 Å². The van der Waals surface area contributed by atoms with E-state index in [4.69, 9.17) is 29.4 Å². The van der Waals surface area contributed by atoms with E-state index in [2.05, 4.69) is 20.6 Å². The van der Waals surface area contributed by atoms with Crippen LogP contribution in [0.15, 0.2) is 48.5 Å². The number of carbonyl (C=O) groups excluding carboxylic acids is 4. The summed E-state index contributed by atoms with van der Waals surface area (Å²) < 4.78 is 26.2. The van der Waals surface area contributed by atoms with Gasteiger partial charge in [-0.2, -0.15) is 4.98 Å². The second-order valence-corrected chi connectivity index (χ2v) is 10.4. The third-order valence-corrected chi connectivity index (χ3v) is 7.03. The minimum atomic E-state index is -0.811. The third-order valence-electron chi connectivity index (χ3n) is 7.03. The number of nitrogen functional groups attached to an aromatic ring is 1. The Bertz CT molecular complexity index is 1500. The van der Waals surface area contributed by atoms with Crippen LogP contribution in [-0.2, 0) is 23.8 Å². The molecule has 4 N–H and O–H groups in total. The minimum Gasteiger partial charge on any atom is -0.482 e. The van der Waals surface area contributed by atoms with Crippen molar-refractivity contribution < 1.29 is 42.9 Å². The first kappa shape index (κ1) is 35.3. The van der Waals surface area contributed by atoms with Crippen LogP contribution in [0.5, 0.6) is 11.5 Å². The van der Waals surface area contributed by atoms with E-state index < -0.39 is 23.9 Å². The van der Waals surface area contributed by atoms with Gasteiger partial charge in [-0.25, -0.2) is 24.2 Å². The summed E-state index contributed by atoms with van der Waals surface area (Å²) in [4.78, 5) is 60.3. The van der Waals surface area contributed by atoms with E-state index in [1.165, 1.54) is 0 Å². The Morgan fingerprint density at radius 1 is 0.771 bits per heavy atom. The molecule has 0 saturated heterocycles. The molecular formula is C33H40N6O9. The number of esters is 3. The Balaban J connectivity index is 1.77. The Morgan fingerprint density at radius 3 is 1.75 bits per heavy atom. The van der Waals surface area contributed by atoms with Crippen molar-refractivity contribution in [2.45, 2.75) is 52.5 Å². The summed E-state index contributed by atoms with van der Waals surface area (Å²) in [5.74, 6) is -1.24. The molecule has 4 rings (SSSR count). The summed E-state index contributed by atoms with van der Waals surface area (Å²) in [7, 11) is 0. The zero-order valence-electron chi connectivity index (χ0n) is 27.2. The SMILES string of the molecule is CCOC(=O)COc1ccc(N(c2ccc(OCC(=O)OCC)cc2)c2nc(N)nc(C(=O)OCC)c2NC(=O)NC2CCCC2)cc1. The van der Waals surface area contributed by atoms with E-state index in [1.807, 2.05) is 0 Å². The van der Waals surface area contributed by atoms with Crippen molar-refractivity contribution in [1.82, 2.24) is 15.3 Å². The molecule has 1 aromatic heterocycles. The number of aromatic nitrogens is 2. The molecule has 15 heteroatoms. The van der Waals surface area contributed by atoms with E-state index in [-0.39, 0.29) is 62.2 Å². The van der Waals surface area contributed by atoms with Crippen molar-refractivity contribution in [3.05, 3.63) is 54.2 Å². The van der Waals surface area contributed by atoms with Gasteiger partial charge in [0.15, 0.2) is 24.7 Å². The first-order chi connectivity index (χ1) is 23.2. The molecule has 0 atom stereocenters. The Morgan fingerprint density at radius 2 is 1.27 bits per heavy atom. The van der Waals surface area contributed by atoms with Crippen LogP contribution in [0.4, 0.5) is 33.6 Å². The van der Waals surface area contributed by atoms with Gasteiger partial charge in [-0.1, -0.05) is 12.8 Å². The lowest BCUT2D eigenvalue weighted by atomic mass is 10.2. The van der Waals surface area contributed by atoms with Crippen molar-refractivity contribution >= 4 is 52.8 Å². The second kappa shape index (κ2) is 17.4. The summed E-state index contributed by atoms with van der Waals surface area (Å²) in [5.41, 5.74) is 6.87. The molecule has 0 spiro atoms. The summed E-state index contributed by atoms with van der Waals surface area (Å²) in [6.45, 7) is 5.01. The van der Waals surface area contributed by atoms with Crippen LogP contribution in [0.3, 0.4) is 0 Å². The zero-order chi connectivity index (χ0) is 34.5. The molecule has 256 valence electrons. The van der Waals surface area contributed by atoms with Crippen LogP contribution in [0.2, 0.25) is 0 Å². The van der Waals surface area contributed by atoms with Gasteiger partial charge in [-0.15, -0.1) is 0 Å². The number of nitrogens with one attached hydrogen (secondary N) is 2. The summed E-state index contributed by atoms with van der Waals surface area (Å²) in [6.07, 6.45) is 3.68. The molecule has 2 aromatic carbocycles. The normalized spacial score (nSPS) is 12.5. The van der Waals surface area contributed by atoms with Crippen LogP contribution in [0, 0.1) is 0 Å². The van der Waals surface area contributed by atoms with Gasteiger partial charge in [-0.3, -0.25) is 4.90 Å². The fraction of sp³-hybridized carbons (Fsp3) is 0.394. The summed E-state index contributed by atoms with van der Waals surface area (Å²) in [5, 5.41) is 5.73. The maximum Gasteiger partial charge on any atom is 0.359 e. The number of benzene rings is 2. The van der Waals surface area contributed by atoms with E-state index in [0.717, 1.165) is 25.7 Å². The highest BCUT2D eigenvalue weighted by Gasteiger charge is 2.28. The number of urea groups is 1. The summed E-state index contributed by atoms with van der Waals surface area (Å²) >= 11 is 0. The Kier molecular flexibility index (Phi) is 12.7. The monoisotopic (exact) mass is 664 g/mol. The standard InChI is InChI=1S/C33H40N6O9/c1-4-44-26(40)19-47-24-15-11-22(12-16-24)39(23-13-17-25(18-14-23)48-20-27(41)45-5-2)30-28(37-33(43)35-21-9-7-8-10-21)29(31(42)46-6-3)36-32(34)38-30/h11-18,21H,4-10,19-20H2,1-3H3,(H2,34,36,38)(H2,35,37,43). The number of nitrogens with zero attached hydrogens (tertiary/aromatic N) is 3. The van der Waals surface area contributed by atoms with Crippen molar-refractivity contribution in [2.75, 3.05) is 49.0 Å². The highest BCUT2D eigenvalue weighted by Crippen LogP contribution is 2.40. The highest BCUT2D eigenvalue weighted by atomic mass is 16.6. The van der Waals surface area contributed by atoms with Crippen LogP contribution in [-0.4, -0.2) is 73.0 Å². The number of nitrogens with two attached hydrogens (primary N) is 1. The molecule has 1 fully saturated rings. The lowest BCUT2D eigenvalue weighted by molar-refractivity contribution is -0.146. The third kappa shape index (κ3) is 9.70. The van der Waals surface area contributed by atoms with Gasteiger partial charge >= 0.3 is 23.9 Å². The minimum absolute atomic E-state index is 0.0189. The Hall–Kier alpha value is -5.60. The summed E-state index contributed by atoms with van der Waals surface area (Å²) in [6, 6.07) is 12.7. The van der Waals surface area contributed by atoms with Gasteiger partial charge in [0.2, 0.25) is 5.95 Å². The van der Waals surface area contributed by atoms with Gasteiger partial charge in [0, 0.05) is 17.4 Å². The first-order valence-electron chi connectivity index (χ1n) is 15.7. The van der Waals surface area contributed by atoms with Gasteiger partial charge in [0.1, 0.15) is 17.2 Å². The van der Waals surface area contributed by atoms with Crippen molar-refractivity contribution in [2.24, 2.45) is 0 Å². The van der Waals surface area contributed by atoms with E-state index >= 15 is 0 Å². The maximum atomic E-state index is 13.3. The molecule has 1 saturated carbocycles. The average Bonchev–Trinajstić information content (AvgIpc) is 3.58. The maximum absolute atomic E-state index is 13.3. The molecule has 48 heavy (non-hydrogen) atoms. The van der Waals surface area contributed by atoms with Gasteiger partial charge in [0.05, 0.1) is 19.8 Å². The number of hydrogen-bond donors (Lipinski definition) is 3. The fourth-order valence-corrected chi connectivity index (χ4v) is 4.96. The van der Waals surface area contributed by atoms with Crippen molar-refractivity contribution in [1.29, 1.82) is 0 Å².